The highest BCUT2D eigenvalue weighted by Crippen LogP contribution is 2.04. The van der Waals surface area contributed by atoms with Crippen molar-refractivity contribution in [2.45, 2.75) is 6.42 Å². The molecule has 2 heterocycles. The summed E-state index contributed by atoms with van der Waals surface area (Å²) >= 11 is 0. The van der Waals surface area contributed by atoms with E-state index in [9.17, 15) is 0 Å². The Labute approximate surface area is 95.3 Å². The summed E-state index contributed by atoms with van der Waals surface area (Å²) in [5, 5.41) is 3.30. The van der Waals surface area contributed by atoms with Gasteiger partial charge in [0.1, 0.15) is 5.65 Å². The Balaban J connectivity index is 1.85. The summed E-state index contributed by atoms with van der Waals surface area (Å²) in [6.45, 7) is 2.59. The topological polar surface area (TPSA) is 38.6 Å². The Hall–Kier alpha value is -1.39. The maximum absolute atomic E-state index is 4.96. The number of nitrogens with one attached hydrogen (secondary N) is 1. The van der Waals surface area contributed by atoms with Crippen molar-refractivity contribution in [2.24, 2.45) is 0 Å². The van der Waals surface area contributed by atoms with Crippen LogP contribution in [0.15, 0.2) is 30.6 Å². The molecule has 2 aromatic heterocycles. The molecule has 0 aliphatic rings. The van der Waals surface area contributed by atoms with E-state index in [1.165, 1.54) is 0 Å². The molecule has 0 spiro atoms. The van der Waals surface area contributed by atoms with Crippen LogP contribution in [0.5, 0.6) is 0 Å². The Morgan fingerprint density at radius 1 is 1.38 bits per heavy atom. The molecule has 2 rings (SSSR count). The zero-order valence-electron chi connectivity index (χ0n) is 9.52. The lowest BCUT2D eigenvalue weighted by molar-refractivity contribution is 0.199. The normalized spacial score (nSPS) is 11.1. The minimum absolute atomic E-state index is 0.755. The number of hydrogen-bond donors (Lipinski definition) is 1. The Bertz CT molecular complexity index is 406. The molecule has 4 nitrogen and oxygen atoms in total. The maximum Gasteiger partial charge on any atom is 0.136 e. The van der Waals surface area contributed by atoms with Gasteiger partial charge in [0.2, 0.25) is 0 Å². The van der Waals surface area contributed by atoms with Crippen LogP contribution >= 0.6 is 0 Å². The molecule has 0 saturated carbocycles. The lowest BCUT2D eigenvalue weighted by Crippen LogP contribution is -2.21. The molecule has 0 bridgehead atoms. The molecule has 2 aromatic rings. The van der Waals surface area contributed by atoms with Crippen LogP contribution in [0.25, 0.3) is 5.65 Å². The number of rotatable bonds is 6. The summed E-state index contributed by atoms with van der Waals surface area (Å²) in [6.07, 6.45) is 5.04. The number of aromatic nitrogens is 2. The summed E-state index contributed by atoms with van der Waals surface area (Å²) in [5.74, 6) is 0. The van der Waals surface area contributed by atoms with Crippen molar-refractivity contribution in [3.63, 3.8) is 0 Å². The first-order valence-electron chi connectivity index (χ1n) is 5.52. The second-order valence-electron chi connectivity index (χ2n) is 3.69. The molecular weight excluding hydrogens is 202 g/mol. The summed E-state index contributed by atoms with van der Waals surface area (Å²) in [4.78, 5) is 4.52. The van der Waals surface area contributed by atoms with Crippen molar-refractivity contribution >= 4 is 5.65 Å². The van der Waals surface area contributed by atoms with Gasteiger partial charge in [-0.1, -0.05) is 6.07 Å². The van der Waals surface area contributed by atoms with Crippen molar-refractivity contribution in [3.8, 4) is 0 Å². The second-order valence-corrected chi connectivity index (χ2v) is 3.69. The Morgan fingerprint density at radius 3 is 3.12 bits per heavy atom. The van der Waals surface area contributed by atoms with E-state index in [2.05, 4.69) is 16.5 Å². The molecular formula is C12H17N3O. The Kier molecular flexibility index (Phi) is 3.91. The fraction of sp³-hybridized carbons (Fsp3) is 0.417. The minimum Gasteiger partial charge on any atom is -0.383 e. The third-order valence-electron chi connectivity index (χ3n) is 2.45. The molecule has 0 saturated heterocycles. The molecule has 16 heavy (non-hydrogen) atoms. The van der Waals surface area contributed by atoms with Gasteiger partial charge in [-0.2, -0.15) is 0 Å². The standard InChI is InChI=1S/C12H17N3O/c1-16-9-7-13-6-5-11-10-15-8-3-2-4-12(15)14-11/h2-4,8,10,13H,5-7,9H2,1H3. The quantitative estimate of drug-likeness (QED) is 0.740. The smallest absolute Gasteiger partial charge is 0.136 e. The van der Waals surface area contributed by atoms with Gasteiger partial charge < -0.3 is 14.5 Å². The van der Waals surface area contributed by atoms with Crippen LogP contribution in [0.2, 0.25) is 0 Å². The monoisotopic (exact) mass is 219 g/mol. The Morgan fingerprint density at radius 2 is 2.31 bits per heavy atom. The van der Waals surface area contributed by atoms with Crippen LogP contribution in [0.4, 0.5) is 0 Å². The number of hydrogen-bond acceptors (Lipinski definition) is 3. The van der Waals surface area contributed by atoms with Gasteiger partial charge in [-0.25, -0.2) is 4.98 Å². The third-order valence-corrected chi connectivity index (χ3v) is 2.45. The highest BCUT2D eigenvalue weighted by molar-refractivity contribution is 5.39. The van der Waals surface area contributed by atoms with E-state index in [1.54, 1.807) is 7.11 Å². The van der Waals surface area contributed by atoms with Crippen LogP contribution in [0.3, 0.4) is 0 Å². The maximum atomic E-state index is 4.96. The van der Waals surface area contributed by atoms with Crippen molar-refractivity contribution < 1.29 is 4.74 Å². The van der Waals surface area contributed by atoms with Crippen LogP contribution < -0.4 is 5.32 Å². The molecule has 4 heteroatoms. The first-order valence-corrected chi connectivity index (χ1v) is 5.52. The van der Waals surface area contributed by atoms with Gasteiger partial charge >= 0.3 is 0 Å². The molecule has 86 valence electrons. The van der Waals surface area contributed by atoms with Crippen LogP contribution in [-0.4, -0.2) is 36.2 Å². The van der Waals surface area contributed by atoms with Gasteiger partial charge in [-0.3, -0.25) is 0 Å². The highest BCUT2D eigenvalue weighted by Gasteiger charge is 1.99. The molecule has 1 N–H and O–H groups in total. The zero-order chi connectivity index (χ0) is 11.2. The molecule has 0 atom stereocenters. The molecule has 0 amide bonds. The van der Waals surface area contributed by atoms with E-state index in [4.69, 9.17) is 4.74 Å². The van der Waals surface area contributed by atoms with E-state index in [0.717, 1.165) is 37.5 Å². The first-order chi connectivity index (χ1) is 7.90. The first kappa shape index (κ1) is 11.1. The third kappa shape index (κ3) is 2.81. The number of pyridine rings is 1. The van der Waals surface area contributed by atoms with E-state index in [-0.39, 0.29) is 0 Å². The molecule has 0 aliphatic carbocycles. The van der Waals surface area contributed by atoms with Crippen LogP contribution in [0, 0.1) is 0 Å². The second kappa shape index (κ2) is 5.63. The van der Waals surface area contributed by atoms with E-state index < -0.39 is 0 Å². The molecule has 0 radical (unpaired) electrons. The fourth-order valence-corrected chi connectivity index (χ4v) is 1.62. The van der Waals surface area contributed by atoms with Crippen molar-refractivity contribution in [3.05, 3.63) is 36.3 Å². The zero-order valence-corrected chi connectivity index (χ0v) is 9.52. The number of fused-ring (bicyclic) bond motifs is 1. The molecule has 0 fully saturated rings. The number of methoxy groups -OCH3 is 1. The van der Waals surface area contributed by atoms with Gasteiger partial charge in [0.15, 0.2) is 0 Å². The van der Waals surface area contributed by atoms with Crippen molar-refractivity contribution in [1.82, 2.24) is 14.7 Å². The number of imidazole rings is 1. The fourth-order valence-electron chi connectivity index (χ4n) is 1.62. The number of nitrogens with zero attached hydrogens (tertiary/aromatic N) is 2. The van der Waals surface area contributed by atoms with E-state index >= 15 is 0 Å². The average Bonchev–Trinajstić information content (AvgIpc) is 2.71. The van der Waals surface area contributed by atoms with Gasteiger partial charge in [0.25, 0.3) is 0 Å². The van der Waals surface area contributed by atoms with Crippen molar-refractivity contribution in [2.75, 3.05) is 26.8 Å². The van der Waals surface area contributed by atoms with Gasteiger partial charge in [0.05, 0.1) is 12.3 Å². The minimum atomic E-state index is 0.755. The summed E-state index contributed by atoms with van der Waals surface area (Å²) in [6, 6.07) is 6.03. The molecule has 0 unspecified atom stereocenters. The van der Waals surface area contributed by atoms with Gasteiger partial charge in [-0.15, -0.1) is 0 Å². The summed E-state index contributed by atoms with van der Waals surface area (Å²) < 4.78 is 7.01. The summed E-state index contributed by atoms with van der Waals surface area (Å²) in [7, 11) is 1.71. The van der Waals surface area contributed by atoms with E-state index in [1.807, 2.05) is 28.8 Å². The average molecular weight is 219 g/mol. The lowest BCUT2D eigenvalue weighted by atomic mass is 10.3. The van der Waals surface area contributed by atoms with E-state index in [0.29, 0.717) is 0 Å². The van der Waals surface area contributed by atoms with Gasteiger partial charge in [0, 0.05) is 39.0 Å². The largest absolute Gasteiger partial charge is 0.383 e. The predicted molar refractivity (Wildman–Crippen MR) is 63.6 cm³/mol. The SMILES string of the molecule is COCCNCCc1cn2ccccc2n1. The van der Waals surface area contributed by atoms with Gasteiger partial charge in [-0.05, 0) is 12.1 Å². The number of ether oxygens (including phenoxy) is 1. The predicted octanol–water partition coefficient (Wildman–Crippen LogP) is 1.11. The highest BCUT2D eigenvalue weighted by atomic mass is 16.5. The van der Waals surface area contributed by atoms with Crippen molar-refractivity contribution in [1.29, 1.82) is 0 Å². The van der Waals surface area contributed by atoms with Crippen LogP contribution in [-0.2, 0) is 11.2 Å². The molecule has 0 aliphatic heterocycles. The lowest BCUT2D eigenvalue weighted by Gasteiger charge is -2.01. The summed E-state index contributed by atoms with van der Waals surface area (Å²) in [5.41, 5.74) is 2.13. The van der Waals surface area contributed by atoms with Crippen LogP contribution in [0.1, 0.15) is 5.69 Å². The molecule has 0 aromatic carbocycles.